The van der Waals surface area contributed by atoms with Crippen LogP contribution in [0.15, 0.2) is 59.5 Å². The van der Waals surface area contributed by atoms with Crippen molar-refractivity contribution in [1.29, 1.82) is 0 Å². The lowest BCUT2D eigenvalue weighted by Crippen LogP contribution is -2.34. The normalized spacial score (nSPS) is 10.6. The van der Waals surface area contributed by atoms with Gasteiger partial charge in [0.2, 0.25) is 5.91 Å². The van der Waals surface area contributed by atoms with Gasteiger partial charge in [-0.15, -0.1) is 23.1 Å². The van der Waals surface area contributed by atoms with Gasteiger partial charge in [0.05, 0.1) is 22.9 Å². The van der Waals surface area contributed by atoms with Crippen LogP contribution >= 0.6 is 23.1 Å². The molecule has 1 aromatic heterocycles. The molecule has 1 heterocycles. The Morgan fingerprint density at radius 3 is 2.52 bits per heavy atom. The third-order valence-electron chi connectivity index (χ3n) is 4.34. The Kier molecular flexibility index (Phi) is 7.06. The highest BCUT2D eigenvalue weighted by Gasteiger charge is 2.21. The monoisotopic (exact) mass is 425 g/mol. The van der Waals surface area contributed by atoms with E-state index in [0.29, 0.717) is 17.0 Å². The zero-order chi connectivity index (χ0) is 20.8. The zero-order valence-electron chi connectivity index (χ0n) is 16.6. The van der Waals surface area contributed by atoms with Crippen LogP contribution in [0.4, 0.5) is 5.69 Å². The summed E-state index contributed by atoms with van der Waals surface area (Å²) in [7, 11) is 1.64. The highest BCUT2D eigenvalue weighted by Crippen LogP contribution is 2.25. The summed E-state index contributed by atoms with van der Waals surface area (Å²) in [4.78, 5) is 32.8. The summed E-state index contributed by atoms with van der Waals surface area (Å²) in [5, 5.41) is 3.78. The largest absolute Gasteiger partial charge is 0.332 e. The van der Waals surface area contributed by atoms with Gasteiger partial charge in [-0.3, -0.25) is 9.59 Å². The van der Waals surface area contributed by atoms with Crippen molar-refractivity contribution >= 4 is 40.6 Å². The number of rotatable bonds is 7. The summed E-state index contributed by atoms with van der Waals surface area (Å²) in [6.07, 6.45) is 2.65. The van der Waals surface area contributed by atoms with Crippen LogP contribution in [0.3, 0.4) is 0 Å². The molecule has 0 unspecified atom stereocenters. The lowest BCUT2D eigenvalue weighted by Gasteiger charge is -2.17. The summed E-state index contributed by atoms with van der Waals surface area (Å²) in [6.45, 7) is 1.81. The van der Waals surface area contributed by atoms with Crippen molar-refractivity contribution in [3.05, 3.63) is 75.7 Å². The summed E-state index contributed by atoms with van der Waals surface area (Å²) in [5.41, 5.74) is 2.61. The summed E-state index contributed by atoms with van der Waals surface area (Å²) < 4.78 is 0. The van der Waals surface area contributed by atoms with E-state index in [1.54, 1.807) is 18.8 Å². The summed E-state index contributed by atoms with van der Waals surface area (Å²) in [6, 6.07) is 17.6. The number of carbonyl (C=O) groups excluding carboxylic acids is 2. The molecule has 0 fully saturated rings. The van der Waals surface area contributed by atoms with E-state index < -0.39 is 0 Å². The Morgan fingerprint density at radius 2 is 1.79 bits per heavy atom. The van der Waals surface area contributed by atoms with Crippen LogP contribution in [0.25, 0.3) is 0 Å². The highest BCUT2D eigenvalue weighted by atomic mass is 32.2. The van der Waals surface area contributed by atoms with Crippen LogP contribution in [0.2, 0.25) is 0 Å². The second-order valence-electron chi connectivity index (χ2n) is 6.59. The van der Waals surface area contributed by atoms with Crippen LogP contribution in [-0.4, -0.2) is 41.5 Å². The molecular weight excluding hydrogens is 402 g/mol. The number of benzene rings is 2. The molecule has 2 aromatic carbocycles. The number of hydrogen-bond acceptors (Lipinski definition) is 5. The molecule has 3 rings (SSSR count). The molecule has 150 valence electrons. The lowest BCUT2D eigenvalue weighted by molar-refractivity contribution is -0.116. The Morgan fingerprint density at radius 1 is 1.10 bits per heavy atom. The minimum atomic E-state index is -0.228. The first kappa shape index (κ1) is 21.1. The van der Waals surface area contributed by atoms with Gasteiger partial charge in [0, 0.05) is 18.4 Å². The smallest absolute Gasteiger partial charge is 0.266 e. The molecule has 29 heavy (non-hydrogen) atoms. The minimum absolute atomic E-state index is 0.0209. The predicted octanol–water partition coefficient (Wildman–Crippen LogP) is 4.47. The summed E-state index contributed by atoms with van der Waals surface area (Å²) in [5.74, 6) is -0.415. The van der Waals surface area contributed by atoms with Gasteiger partial charge in [-0.2, -0.15) is 0 Å². The van der Waals surface area contributed by atoms with E-state index in [-0.39, 0.29) is 18.4 Å². The fourth-order valence-electron chi connectivity index (χ4n) is 2.90. The Balaban J connectivity index is 1.64. The van der Waals surface area contributed by atoms with E-state index in [1.165, 1.54) is 16.2 Å². The standard InChI is InChI=1S/C22H23N3O2S2/c1-15-21(29-20(23-15)13-16-9-5-4-6-10-16)22(27)25(2)14-19(26)24-17-11-7-8-12-18(17)28-3/h4-12H,13-14H2,1-3H3,(H,24,26). The molecule has 0 saturated carbocycles. The number of thioether (sulfide) groups is 1. The van der Waals surface area contributed by atoms with Crippen LogP contribution in [0.1, 0.15) is 25.9 Å². The molecule has 0 radical (unpaired) electrons. The number of hydrogen-bond donors (Lipinski definition) is 1. The number of aryl methyl sites for hydroxylation is 1. The molecule has 0 aliphatic rings. The van der Waals surface area contributed by atoms with Crippen molar-refractivity contribution in [2.45, 2.75) is 18.2 Å². The second kappa shape index (κ2) is 9.71. The fourth-order valence-corrected chi connectivity index (χ4v) is 4.54. The maximum Gasteiger partial charge on any atom is 0.266 e. The van der Waals surface area contributed by atoms with E-state index in [1.807, 2.05) is 67.8 Å². The molecule has 2 amide bonds. The minimum Gasteiger partial charge on any atom is -0.332 e. The van der Waals surface area contributed by atoms with Gasteiger partial charge in [0.1, 0.15) is 4.88 Å². The highest BCUT2D eigenvalue weighted by molar-refractivity contribution is 7.98. The second-order valence-corrected chi connectivity index (χ2v) is 8.53. The number of para-hydroxylation sites is 1. The van der Waals surface area contributed by atoms with Crippen molar-refractivity contribution in [1.82, 2.24) is 9.88 Å². The van der Waals surface area contributed by atoms with Gasteiger partial charge < -0.3 is 10.2 Å². The van der Waals surface area contributed by atoms with Gasteiger partial charge in [0.15, 0.2) is 0 Å². The average molecular weight is 426 g/mol. The van der Waals surface area contributed by atoms with Gasteiger partial charge >= 0.3 is 0 Å². The van der Waals surface area contributed by atoms with Crippen LogP contribution in [0, 0.1) is 6.92 Å². The van der Waals surface area contributed by atoms with E-state index >= 15 is 0 Å². The van der Waals surface area contributed by atoms with E-state index in [4.69, 9.17) is 0 Å². The molecule has 1 N–H and O–H groups in total. The number of thiazole rings is 1. The molecular formula is C22H23N3O2S2. The van der Waals surface area contributed by atoms with Crippen molar-refractivity contribution in [3.8, 4) is 0 Å². The van der Waals surface area contributed by atoms with Gasteiger partial charge in [-0.1, -0.05) is 42.5 Å². The molecule has 0 aliphatic carbocycles. The first-order valence-corrected chi connectivity index (χ1v) is 11.2. The molecule has 0 saturated heterocycles. The number of aromatic nitrogens is 1. The van der Waals surface area contributed by atoms with Gasteiger partial charge in [-0.05, 0) is 30.9 Å². The number of amides is 2. The van der Waals surface area contributed by atoms with Gasteiger partial charge in [0.25, 0.3) is 5.91 Å². The van der Waals surface area contributed by atoms with Crippen molar-refractivity contribution < 1.29 is 9.59 Å². The number of nitrogens with one attached hydrogen (secondary N) is 1. The topological polar surface area (TPSA) is 62.3 Å². The Labute approximate surface area is 179 Å². The molecule has 5 nitrogen and oxygen atoms in total. The fraction of sp³-hybridized carbons (Fsp3) is 0.227. The van der Waals surface area contributed by atoms with E-state index in [0.717, 1.165) is 21.2 Å². The SMILES string of the molecule is CSc1ccccc1NC(=O)CN(C)C(=O)c1sc(Cc2ccccc2)nc1C. The number of likely N-dealkylation sites (N-methyl/N-ethyl adjacent to an activating group) is 1. The predicted molar refractivity (Wildman–Crippen MR) is 120 cm³/mol. The van der Waals surface area contributed by atoms with Crippen LogP contribution in [-0.2, 0) is 11.2 Å². The van der Waals surface area contributed by atoms with Gasteiger partial charge in [-0.25, -0.2) is 4.98 Å². The molecule has 0 bridgehead atoms. The first-order valence-electron chi connectivity index (χ1n) is 9.16. The number of carbonyl (C=O) groups is 2. The maximum atomic E-state index is 12.9. The van der Waals surface area contributed by atoms with Crippen molar-refractivity contribution in [2.75, 3.05) is 25.2 Å². The van der Waals surface area contributed by atoms with Crippen molar-refractivity contribution in [2.24, 2.45) is 0 Å². The van der Waals surface area contributed by atoms with E-state index in [2.05, 4.69) is 10.3 Å². The number of anilines is 1. The quantitative estimate of drug-likeness (QED) is 0.567. The lowest BCUT2D eigenvalue weighted by atomic mass is 10.2. The van der Waals surface area contributed by atoms with Crippen LogP contribution < -0.4 is 5.32 Å². The first-order chi connectivity index (χ1) is 14.0. The third kappa shape index (κ3) is 5.46. The van der Waals surface area contributed by atoms with Crippen molar-refractivity contribution in [3.63, 3.8) is 0 Å². The molecule has 0 aliphatic heterocycles. The maximum absolute atomic E-state index is 12.9. The Bertz CT molecular complexity index is 1000. The van der Waals surface area contributed by atoms with E-state index in [9.17, 15) is 9.59 Å². The Hall–Kier alpha value is -2.64. The molecule has 7 heteroatoms. The average Bonchev–Trinajstić information content (AvgIpc) is 3.08. The summed E-state index contributed by atoms with van der Waals surface area (Å²) >= 11 is 2.95. The van der Waals surface area contributed by atoms with Crippen LogP contribution in [0.5, 0.6) is 0 Å². The third-order valence-corrected chi connectivity index (χ3v) is 6.28. The zero-order valence-corrected chi connectivity index (χ0v) is 18.3. The molecule has 0 spiro atoms. The molecule has 3 aromatic rings. The number of nitrogens with zero attached hydrogens (tertiary/aromatic N) is 2. The molecule has 0 atom stereocenters.